The zero-order valence-corrected chi connectivity index (χ0v) is 14.7. The molecule has 2 aromatic rings. The molecule has 0 N–H and O–H groups in total. The van der Waals surface area contributed by atoms with Crippen molar-refractivity contribution in [3.8, 4) is 0 Å². The van der Waals surface area contributed by atoms with Gasteiger partial charge < -0.3 is 9.64 Å². The summed E-state index contributed by atoms with van der Waals surface area (Å²) >= 11 is 6.03. The number of likely N-dealkylation sites (tertiary alicyclic amines) is 1. The van der Waals surface area contributed by atoms with Crippen LogP contribution in [-0.4, -0.2) is 52.6 Å². The minimum absolute atomic E-state index is 0.128. The number of carbonyl (C=O) groups excluding carboxylic acids is 1. The van der Waals surface area contributed by atoms with Gasteiger partial charge in [-0.2, -0.15) is 0 Å². The fourth-order valence-electron chi connectivity index (χ4n) is 3.08. The summed E-state index contributed by atoms with van der Waals surface area (Å²) in [6.45, 7) is 2.37. The molecule has 1 aliphatic heterocycles. The Balaban J connectivity index is 1.67. The first-order chi connectivity index (χ1) is 12.1. The first kappa shape index (κ1) is 17.8. The van der Waals surface area contributed by atoms with Crippen LogP contribution in [-0.2, 0) is 11.3 Å². The van der Waals surface area contributed by atoms with Gasteiger partial charge in [-0.05, 0) is 36.5 Å². The van der Waals surface area contributed by atoms with Gasteiger partial charge in [0.2, 0.25) is 0 Å². The second kappa shape index (κ2) is 7.93. The van der Waals surface area contributed by atoms with Gasteiger partial charge in [0.15, 0.2) is 5.69 Å². The van der Waals surface area contributed by atoms with Gasteiger partial charge in [0.1, 0.15) is 5.82 Å². The van der Waals surface area contributed by atoms with E-state index in [1.807, 2.05) is 0 Å². The minimum atomic E-state index is -0.390. The second-order valence-electron chi connectivity index (χ2n) is 6.25. The van der Waals surface area contributed by atoms with Crippen LogP contribution < -0.4 is 0 Å². The molecule has 1 atom stereocenters. The highest BCUT2D eigenvalue weighted by molar-refractivity contribution is 6.31. The van der Waals surface area contributed by atoms with Crippen molar-refractivity contribution in [3.05, 3.63) is 46.5 Å². The van der Waals surface area contributed by atoms with E-state index in [1.165, 1.54) is 16.8 Å². The van der Waals surface area contributed by atoms with Gasteiger partial charge in [0.25, 0.3) is 5.91 Å². The predicted octanol–water partition coefficient (Wildman–Crippen LogP) is 2.62. The molecule has 1 amide bonds. The molecule has 3 rings (SSSR count). The molecule has 2 heterocycles. The first-order valence-electron chi connectivity index (χ1n) is 8.19. The van der Waals surface area contributed by atoms with E-state index in [1.54, 1.807) is 24.3 Å². The summed E-state index contributed by atoms with van der Waals surface area (Å²) in [5, 5.41) is 8.29. The standard InChI is InChI=1S/C17H20ClFN4O2/c1-25-11-12-3-2-6-22(8-12)17(24)16-10-23(21-20-16)9-13-4-5-14(19)7-15(13)18/h4-5,7,10,12H,2-3,6,8-9,11H2,1H3/t12-/m0/s1. The van der Waals surface area contributed by atoms with Crippen LogP contribution in [0.4, 0.5) is 4.39 Å². The molecule has 1 aromatic heterocycles. The van der Waals surface area contributed by atoms with Gasteiger partial charge in [-0.25, -0.2) is 9.07 Å². The molecule has 0 saturated carbocycles. The molecule has 0 bridgehead atoms. The van der Waals surface area contributed by atoms with Crippen molar-refractivity contribution in [3.63, 3.8) is 0 Å². The van der Waals surface area contributed by atoms with E-state index in [0.29, 0.717) is 41.9 Å². The summed E-state index contributed by atoms with van der Waals surface area (Å²) in [7, 11) is 1.67. The van der Waals surface area contributed by atoms with E-state index >= 15 is 0 Å². The van der Waals surface area contributed by atoms with Gasteiger partial charge in [-0.15, -0.1) is 5.10 Å². The lowest BCUT2D eigenvalue weighted by Crippen LogP contribution is -2.41. The van der Waals surface area contributed by atoms with Crippen molar-refractivity contribution in [2.45, 2.75) is 19.4 Å². The topological polar surface area (TPSA) is 60.2 Å². The Morgan fingerprint density at radius 2 is 2.32 bits per heavy atom. The Hall–Kier alpha value is -1.99. The average molecular weight is 367 g/mol. The van der Waals surface area contributed by atoms with Crippen LogP contribution in [0.15, 0.2) is 24.4 Å². The maximum Gasteiger partial charge on any atom is 0.276 e. The van der Waals surface area contributed by atoms with Crippen molar-refractivity contribution in [1.29, 1.82) is 0 Å². The zero-order chi connectivity index (χ0) is 17.8. The van der Waals surface area contributed by atoms with Gasteiger partial charge >= 0.3 is 0 Å². The van der Waals surface area contributed by atoms with Crippen LogP contribution in [0, 0.1) is 11.7 Å². The molecule has 1 saturated heterocycles. The fraction of sp³-hybridized carbons (Fsp3) is 0.471. The number of halogens is 2. The largest absolute Gasteiger partial charge is 0.384 e. The molecule has 1 aliphatic rings. The lowest BCUT2D eigenvalue weighted by molar-refractivity contribution is 0.0565. The number of methoxy groups -OCH3 is 1. The van der Waals surface area contributed by atoms with E-state index in [-0.39, 0.29) is 11.7 Å². The molecule has 8 heteroatoms. The summed E-state index contributed by atoms with van der Waals surface area (Å²) in [4.78, 5) is 14.4. The van der Waals surface area contributed by atoms with Crippen LogP contribution in [0.2, 0.25) is 5.02 Å². The van der Waals surface area contributed by atoms with Gasteiger partial charge in [-0.1, -0.05) is 22.9 Å². The third-order valence-corrected chi connectivity index (χ3v) is 4.67. The Labute approximate surface area is 150 Å². The van der Waals surface area contributed by atoms with E-state index in [4.69, 9.17) is 16.3 Å². The molecule has 0 unspecified atom stereocenters. The van der Waals surface area contributed by atoms with Gasteiger partial charge in [0.05, 0.1) is 19.3 Å². The van der Waals surface area contributed by atoms with E-state index in [0.717, 1.165) is 19.4 Å². The number of hydrogen-bond donors (Lipinski definition) is 0. The van der Waals surface area contributed by atoms with Crippen LogP contribution in [0.3, 0.4) is 0 Å². The summed E-state index contributed by atoms with van der Waals surface area (Å²) in [5.74, 6) is -0.160. The highest BCUT2D eigenvalue weighted by atomic mass is 35.5. The molecule has 0 radical (unpaired) electrons. The number of ether oxygens (including phenoxy) is 1. The SMILES string of the molecule is COC[C@H]1CCCN(C(=O)c2cn(Cc3ccc(F)cc3Cl)nn2)C1. The number of rotatable bonds is 5. The normalized spacial score (nSPS) is 17.7. The Kier molecular flexibility index (Phi) is 5.65. The maximum atomic E-state index is 13.1. The summed E-state index contributed by atoms with van der Waals surface area (Å²) < 4.78 is 19.8. The number of amides is 1. The Morgan fingerprint density at radius 1 is 1.48 bits per heavy atom. The lowest BCUT2D eigenvalue weighted by atomic mass is 9.99. The molecular weight excluding hydrogens is 347 g/mol. The van der Waals surface area contributed by atoms with Crippen molar-refractivity contribution in [1.82, 2.24) is 19.9 Å². The Morgan fingerprint density at radius 3 is 3.08 bits per heavy atom. The summed E-state index contributed by atoms with van der Waals surface area (Å²) in [5.41, 5.74) is 1.02. The number of hydrogen-bond acceptors (Lipinski definition) is 4. The fourth-order valence-corrected chi connectivity index (χ4v) is 3.31. The van der Waals surface area contributed by atoms with Crippen LogP contribution in [0.5, 0.6) is 0 Å². The second-order valence-corrected chi connectivity index (χ2v) is 6.66. The van der Waals surface area contributed by atoms with Crippen LogP contribution >= 0.6 is 11.6 Å². The molecule has 1 fully saturated rings. The van der Waals surface area contributed by atoms with E-state index in [2.05, 4.69) is 10.3 Å². The highest BCUT2D eigenvalue weighted by Gasteiger charge is 2.26. The molecule has 25 heavy (non-hydrogen) atoms. The van der Waals surface area contributed by atoms with Crippen molar-refractivity contribution < 1.29 is 13.9 Å². The smallest absolute Gasteiger partial charge is 0.276 e. The third kappa shape index (κ3) is 4.35. The summed E-state index contributed by atoms with van der Waals surface area (Å²) in [6.07, 6.45) is 3.62. The van der Waals surface area contributed by atoms with Crippen LogP contribution in [0.25, 0.3) is 0 Å². The molecule has 1 aromatic carbocycles. The summed E-state index contributed by atoms with van der Waals surface area (Å²) in [6, 6.07) is 4.19. The monoisotopic (exact) mass is 366 g/mol. The minimum Gasteiger partial charge on any atom is -0.384 e. The maximum absolute atomic E-state index is 13.1. The van der Waals surface area contributed by atoms with E-state index < -0.39 is 0 Å². The van der Waals surface area contributed by atoms with Crippen molar-refractivity contribution >= 4 is 17.5 Å². The highest BCUT2D eigenvalue weighted by Crippen LogP contribution is 2.20. The average Bonchev–Trinajstić information content (AvgIpc) is 3.06. The predicted molar refractivity (Wildman–Crippen MR) is 91.0 cm³/mol. The number of carbonyl (C=O) groups is 1. The first-order valence-corrected chi connectivity index (χ1v) is 8.57. The third-order valence-electron chi connectivity index (χ3n) is 4.31. The molecule has 134 valence electrons. The number of aromatic nitrogens is 3. The molecular formula is C17H20ClFN4O2. The zero-order valence-electron chi connectivity index (χ0n) is 14.0. The van der Waals surface area contributed by atoms with Gasteiger partial charge in [-0.3, -0.25) is 4.79 Å². The Bertz CT molecular complexity index is 750. The number of piperidine rings is 1. The molecule has 0 aliphatic carbocycles. The van der Waals surface area contributed by atoms with Gasteiger partial charge in [0, 0.05) is 25.2 Å². The number of nitrogens with zero attached hydrogens (tertiary/aromatic N) is 4. The number of benzene rings is 1. The van der Waals surface area contributed by atoms with Crippen LogP contribution in [0.1, 0.15) is 28.9 Å². The molecule has 6 nitrogen and oxygen atoms in total. The van der Waals surface area contributed by atoms with Crippen molar-refractivity contribution in [2.75, 3.05) is 26.8 Å². The van der Waals surface area contributed by atoms with E-state index in [9.17, 15) is 9.18 Å². The lowest BCUT2D eigenvalue weighted by Gasteiger charge is -2.31. The van der Waals surface area contributed by atoms with Crippen molar-refractivity contribution in [2.24, 2.45) is 5.92 Å². The quantitative estimate of drug-likeness (QED) is 0.816. The molecule has 0 spiro atoms.